The highest BCUT2D eigenvalue weighted by atomic mass is 127. The number of guanidine groups is 1. The molecule has 3 heterocycles. The molecular formula is C21H35IN6O. The van der Waals surface area contributed by atoms with Gasteiger partial charge in [-0.3, -0.25) is 9.79 Å². The predicted molar refractivity (Wildman–Crippen MR) is 129 cm³/mol. The molecular weight excluding hydrogens is 479 g/mol. The lowest BCUT2D eigenvalue weighted by atomic mass is 9.96. The number of hydrogen-bond donors (Lipinski definition) is 1. The highest BCUT2D eigenvalue weighted by molar-refractivity contribution is 14.0. The van der Waals surface area contributed by atoms with Gasteiger partial charge < -0.3 is 20.0 Å². The lowest BCUT2D eigenvalue weighted by molar-refractivity contribution is -0.145. The molecule has 1 aromatic rings. The standard InChI is InChI=1S/C21H34N6O.HI/c1-16(2)27-19(28)14-26(15-21(27,3)4)20(22-5)24-13-17-8-9-18(23-12-17)25-10-6-7-11-25;/h8-9,12,16H,6-7,10-11,13-15H2,1-5H3,(H,22,24);1H. The maximum Gasteiger partial charge on any atom is 0.242 e. The molecule has 0 aromatic carbocycles. The van der Waals surface area contributed by atoms with Gasteiger partial charge >= 0.3 is 0 Å². The van der Waals surface area contributed by atoms with Crippen LogP contribution in [0.5, 0.6) is 0 Å². The molecule has 1 amide bonds. The Balaban J connectivity index is 0.00000300. The van der Waals surface area contributed by atoms with Gasteiger partial charge in [-0.05, 0) is 52.2 Å². The quantitative estimate of drug-likeness (QED) is 0.381. The molecule has 0 spiro atoms. The minimum absolute atomic E-state index is 0. The van der Waals surface area contributed by atoms with E-state index in [1.807, 2.05) is 16.0 Å². The van der Waals surface area contributed by atoms with E-state index in [0.29, 0.717) is 13.1 Å². The highest BCUT2D eigenvalue weighted by Crippen LogP contribution is 2.24. The molecule has 0 aliphatic carbocycles. The zero-order chi connectivity index (χ0) is 20.3. The summed E-state index contributed by atoms with van der Waals surface area (Å²) in [5.74, 6) is 1.96. The molecule has 2 fully saturated rings. The Bertz CT molecular complexity index is 712. The Morgan fingerprint density at radius 1 is 1.28 bits per heavy atom. The average molecular weight is 514 g/mol. The summed E-state index contributed by atoms with van der Waals surface area (Å²) < 4.78 is 0. The summed E-state index contributed by atoms with van der Waals surface area (Å²) in [7, 11) is 1.77. The van der Waals surface area contributed by atoms with E-state index in [-0.39, 0.29) is 41.5 Å². The predicted octanol–water partition coefficient (Wildman–Crippen LogP) is 2.71. The molecule has 0 saturated carbocycles. The van der Waals surface area contributed by atoms with E-state index in [0.717, 1.165) is 37.0 Å². The Labute approximate surface area is 192 Å². The summed E-state index contributed by atoms with van der Waals surface area (Å²) in [6.45, 7) is 12.3. The number of hydrogen-bond acceptors (Lipinski definition) is 4. The summed E-state index contributed by atoms with van der Waals surface area (Å²) in [4.78, 5) is 28.1. The van der Waals surface area contributed by atoms with E-state index < -0.39 is 0 Å². The first-order valence-electron chi connectivity index (χ1n) is 10.3. The number of piperazine rings is 1. The van der Waals surface area contributed by atoms with Gasteiger partial charge in [0.15, 0.2) is 5.96 Å². The molecule has 162 valence electrons. The Morgan fingerprint density at radius 2 is 1.97 bits per heavy atom. The van der Waals surface area contributed by atoms with E-state index in [1.165, 1.54) is 12.8 Å². The van der Waals surface area contributed by atoms with Crippen molar-refractivity contribution in [3.8, 4) is 0 Å². The summed E-state index contributed by atoms with van der Waals surface area (Å²) >= 11 is 0. The lowest BCUT2D eigenvalue weighted by Crippen LogP contribution is -2.66. The molecule has 8 heteroatoms. The van der Waals surface area contributed by atoms with Gasteiger partial charge in [0, 0.05) is 45.5 Å². The van der Waals surface area contributed by atoms with Gasteiger partial charge in [0.05, 0.1) is 12.1 Å². The highest BCUT2D eigenvalue weighted by Gasteiger charge is 2.40. The molecule has 1 N–H and O–H groups in total. The third-order valence-electron chi connectivity index (χ3n) is 5.54. The number of carbonyl (C=O) groups is 1. The third kappa shape index (κ3) is 5.52. The number of nitrogens with one attached hydrogen (secondary N) is 1. The van der Waals surface area contributed by atoms with E-state index in [4.69, 9.17) is 0 Å². The minimum Gasteiger partial charge on any atom is -0.357 e. The van der Waals surface area contributed by atoms with Crippen LogP contribution in [0.25, 0.3) is 0 Å². The van der Waals surface area contributed by atoms with Crippen LogP contribution in [-0.4, -0.2) is 71.5 Å². The number of aliphatic imine (C=N–C) groups is 1. The number of halogens is 1. The molecule has 0 radical (unpaired) electrons. The minimum atomic E-state index is -0.236. The van der Waals surface area contributed by atoms with Gasteiger partial charge in [-0.15, -0.1) is 24.0 Å². The van der Waals surface area contributed by atoms with Crippen LogP contribution >= 0.6 is 24.0 Å². The topological polar surface area (TPSA) is 64.1 Å². The Morgan fingerprint density at radius 3 is 2.48 bits per heavy atom. The maximum atomic E-state index is 12.7. The first-order chi connectivity index (χ1) is 13.3. The van der Waals surface area contributed by atoms with Crippen molar-refractivity contribution in [3.63, 3.8) is 0 Å². The normalized spacial score (nSPS) is 19.6. The van der Waals surface area contributed by atoms with Crippen LogP contribution in [0.4, 0.5) is 5.82 Å². The van der Waals surface area contributed by atoms with Crippen LogP contribution in [0.15, 0.2) is 23.3 Å². The van der Waals surface area contributed by atoms with Gasteiger partial charge in [0.1, 0.15) is 5.82 Å². The fourth-order valence-corrected chi connectivity index (χ4v) is 4.48. The van der Waals surface area contributed by atoms with Crippen LogP contribution in [0.2, 0.25) is 0 Å². The second kappa shape index (κ2) is 9.95. The number of anilines is 1. The van der Waals surface area contributed by atoms with Crippen molar-refractivity contribution in [1.82, 2.24) is 20.1 Å². The first kappa shape index (κ1) is 23.7. The van der Waals surface area contributed by atoms with Crippen LogP contribution in [0.1, 0.15) is 46.1 Å². The molecule has 2 saturated heterocycles. The Hall–Kier alpha value is -1.58. The van der Waals surface area contributed by atoms with E-state index in [1.54, 1.807) is 7.05 Å². The zero-order valence-corrected chi connectivity index (χ0v) is 20.6. The monoisotopic (exact) mass is 514 g/mol. The average Bonchev–Trinajstić information content (AvgIpc) is 3.15. The van der Waals surface area contributed by atoms with Crippen molar-refractivity contribution in [2.24, 2.45) is 4.99 Å². The van der Waals surface area contributed by atoms with E-state index >= 15 is 0 Å². The number of nitrogens with zero attached hydrogens (tertiary/aromatic N) is 5. The molecule has 2 aliphatic rings. The SMILES string of the molecule is CN=C(NCc1ccc(N2CCCC2)nc1)N1CC(=O)N(C(C)C)C(C)(C)C1.I. The summed E-state index contributed by atoms with van der Waals surface area (Å²) in [6, 6.07) is 4.41. The van der Waals surface area contributed by atoms with Crippen LogP contribution in [0, 0.1) is 0 Å². The second-order valence-electron chi connectivity index (χ2n) is 8.65. The van der Waals surface area contributed by atoms with Gasteiger partial charge in [-0.2, -0.15) is 0 Å². The first-order valence-corrected chi connectivity index (χ1v) is 10.3. The largest absolute Gasteiger partial charge is 0.357 e. The summed E-state index contributed by atoms with van der Waals surface area (Å²) in [5, 5.41) is 3.40. The Kier molecular flexibility index (Phi) is 8.13. The fraction of sp³-hybridized carbons (Fsp3) is 0.667. The lowest BCUT2D eigenvalue weighted by Gasteiger charge is -2.49. The number of aromatic nitrogens is 1. The molecule has 2 aliphatic heterocycles. The van der Waals surface area contributed by atoms with Crippen molar-refractivity contribution >= 4 is 41.7 Å². The van der Waals surface area contributed by atoms with Crippen molar-refractivity contribution in [2.75, 3.05) is 38.1 Å². The molecule has 1 aromatic heterocycles. The maximum absolute atomic E-state index is 12.7. The molecule has 7 nitrogen and oxygen atoms in total. The molecule has 0 atom stereocenters. The van der Waals surface area contributed by atoms with Crippen LogP contribution in [0.3, 0.4) is 0 Å². The molecule has 0 bridgehead atoms. The van der Waals surface area contributed by atoms with Crippen LogP contribution in [-0.2, 0) is 11.3 Å². The number of rotatable bonds is 4. The van der Waals surface area contributed by atoms with Gasteiger partial charge in [-0.1, -0.05) is 6.07 Å². The summed E-state index contributed by atoms with van der Waals surface area (Å²) in [6.07, 6.45) is 4.43. The molecule has 0 unspecified atom stereocenters. The second-order valence-corrected chi connectivity index (χ2v) is 8.65. The van der Waals surface area contributed by atoms with Gasteiger partial charge in [0.25, 0.3) is 0 Å². The van der Waals surface area contributed by atoms with Gasteiger partial charge in [0.2, 0.25) is 5.91 Å². The van der Waals surface area contributed by atoms with Crippen LogP contribution < -0.4 is 10.2 Å². The number of pyridine rings is 1. The fourth-order valence-electron chi connectivity index (χ4n) is 4.48. The van der Waals surface area contributed by atoms with E-state index in [9.17, 15) is 4.79 Å². The molecule has 3 rings (SSSR count). The number of carbonyl (C=O) groups excluding carboxylic acids is 1. The van der Waals surface area contributed by atoms with Crippen molar-refractivity contribution in [3.05, 3.63) is 23.9 Å². The number of amides is 1. The zero-order valence-electron chi connectivity index (χ0n) is 18.3. The molecule has 29 heavy (non-hydrogen) atoms. The van der Waals surface area contributed by atoms with Gasteiger partial charge in [-0.25, -0.2) is 4.98 Å². The smallest absolute Gasteiger partial charge is 0.242 e. The van der Waals surface area contributed by atoms with Crippen molar-refractivity contribution in [2.45, 2.75) is 58.7 Å². The summed E-state index contributed by atoms with van der Waals surface area (Å²) in [5.41, 5.74) is 0.871. The van der Waals surface area contributed by atoms with Crippen molar-refractivity contribution in [1.29, 1.82) is 0 Å². The van der Waals surface area contributed by atoms with E-state index in [2.05, 4.69) is 60.0 Å². The third-order valence-corrected chi connectivity index (χ3v) is 5.54. The van der Waals surface area contributed by atoms with Crippen molar-refractivity contribution < 1.29 is 4.79 Å².